The molecule has 10 nitrogen and oxygen atoms in total. The van der Waals surface area contributed by atoms with E-state index >= 15 is 0 Å². The van der Waals surface area contributed by atoms with Gasteiger partial charge in [-0.25, -0.2) is 14.4 Å². The molecule has 1 aromatic heterocycles. The number of primary amides is 1. The van der Waals surface area contributed by atoms with Crippen molar-refractivity contribution in [3.05, 3.63) is 46.9 Å². The van der Waals surface area contributed by atoms with Gasteiger partial charge >= 0.3 is 24.4 Å². The summed E-state index contributed by atoms with van der Waals surface area (Å²) < 4.78 is 83.6. The van der Waals surface area contributed by atoms with Crippen LogP contribution in [0.2, 0.25) is 0 Å². The molecule has 0 aliphatic rings. The van der Waals surface area contributed by atoms with Crippen LogP contribution in [0.3, 0.4) is 0 Å². The van der Waals surface area contributed by atoms with E-state index in [1.54, 1.807) is 5.32 Å². The number of amides is 4. The molecule has 178 valence electrons. The quantitative estimate of drug-likeness (QED) is 0.413. The van der Waals surface area contributed by atoms with Gasteiger partial charge in [0, 0.05) is 18.7 Å². The fraction of sp³-hybridized carbons (Fsp3) is 0.353. The van der Waals surface area contributed by atoms with Crippen LogP contribution in [0.1, 0.15) is 17.3 Å². The van der Waals surface area contributed by atoms with Crippen LogP contribution in [0.15, 0.2) is 22.7 Å². The predicted octanol–water partition coefficient (Wildman–Crippen LogP) is 3.13. The number of nitrogens with one attached hydrogen (secondary N) is 2. The van der Waals surface area contributed by atoms with Crippen LogP contribution in [0.4, 0.5) is 47.3 Å². The van der Waals surface area contributed by atoms with Crippen LogP contribution in [0.25, 0.3) is 4.85 Å². The third-order valence-electron chi connectivity index (χ3n) is 3.84. The standard InChI is InChI=1S/C17H15F6N7O3/c1-25-11-3-2-9(6-10(11)17(21,22)23)30(8-16(18,19)20)7-12-27-13(33-29-12)4-5-26-15(32)28-14(24)31/h2-3,6H,4-5,7-8H2,(H4,24,26,28,31,32). The van der Waals surface area contributed by atoms with E-state index < -0.39 is 54.4 Å². The van der Waals surface area contributed by atoms with Crippen molar-refractivity contribution in [1.29, 1.82) is 0 Å². The molecule has 0 unspecified atom stereocenters. The highest BCUT2D eigenvalue weighted by molar-refractivity contribution is 5.92. The predicted molar refractivity (Wildman–Crippen MR) is 98.9 cm³/mol. The van der Waals surface area contributed by atoms with E-state index in [0.717, 1.165) is 12.1 Å². The molecule has 0 spiro atoms. The monoisotopic (exact) mass is 479 g/mol. The van der Waals surface area contributed by atoms with Crippen LogP contribution in [0, 0.1) is 6.57 Å². The van der Waals surface area contributed by atoms with Crippen molar-refractivity contribution in [2.75, 3.05) is 18.0 Å². The molecule has 2 aromatic rings. The fourth-order valence-corrected chi connectivity index (χ4v) is 2.57. The Morgan fingerprint density at radius 2 is 1.91 bits per heavy atom. The van der Waals surface area contributed by atoms with Gasteiger partial charge in [-0.05, 0) is 12.1 Å². The number of rotatable bonds is 7. The van der Waals surface area contributed by atoms with Crippen molar-refractivity contribution in [2.24, 2.45) is 5.73 Å². The van der Waals surface area contributed by atoms with Gasteiger partial charge in [0.2, 0.25) is 5.89 Å². The van der Waals surface area contributed by atoms with Crippen molar-refractivity contribution in [3.63, 3.8) is 0 Å². The third-order valence-corrected chi connectivity index (χ3v) is 3.84. The molecule has 0 aliphatic carbocycles. The highest BCUT2D eigenvalue weighted by Gasteiger charge is 2.36. The van der Waals surface area contributed by atoms with Gasteiger partial charge in [-0.1, -0.05) is 11.2 Å². The first-order chi connectivity index (χ1) is 15.3. The van der Waals surface area contributed by atoms with E-state index in [2.05, 4.69) is 20.3 Å². The van der Waals surface area contributed by atoms with Crippen LogP contribution in [-0.2, 0) is 19.1 Å². The van der Waals surface area contributed by atoms with Gasteiger partial charge in [0.25, 0.3) is 0 Å². The van der Waals surface area contributed by atoms with E-state index in [9.17, 15) is 35.9 Å². The Labute approximate surface area is 181 Å². The first kappa shape index (κ1) is 25.2. The molecule has 4 N–H and O–H groups in total. The summed E-state index contributed by atoms with van der Waals surface area (Å²) >= 11 is 0. The number of alkyl halides is 6. The normalized spacial score (nSPS) is 11.5. The lowest BCUT2D eigenvalue weighted by Crippen LogP contribution is -2.42. The summed E-state index contributed by atoms with van der Waals surface area (Å²) in [4.78, 5) is 28.9. The molecule has 1 aromatic carbocycles. The number of urea groups is 2. The average molecular weight is 479 g/mol. The van der Waals surface area contributed by atoms with E-state index in [1.165, 1.54) is 0 Å². The number of benzene rings is 1. The van der Waals surface area contributed by atoms with Gasteiger partial charge in [-0.2, -0.15) is 31.3 Å². The second-order valence-electron chi connectivity index (χ2n) is 6.38. The van der Waals surface area contributed by atoms with Gasteiger partial charge in [-0.3, -0.25) is 5.32 Å². The van der Waals surface area contributed by atoms with Gasteiger partial charge in [0.15, 0.2) is 11.5 Å². The average Bonchev–Trinajstić information content (AvgIpc) is 3.12. The fourth-order valence-electron chi connectivity index (χ4n) is 2.57. The molecule has 0 atom stereocenters. The Morgan fingerprint density at radius 1 is 1.21 bits per heavy atom. The summed E-state index contributed by atoms with van der Waals surface area (Å²) in [5, 5.41) is 7.46. The molecule has 16 heteroatoms. The molecule has 33 heavy (non-hydrogen) atoms. The van der Waals surface area contributed by atoms with Crippen molar-refractivity contribution < 1.29 is 40.5 Å². The lowest BCUT2D eigenvalue weighted by molar-refractivity contribution is -0.136. The molecule has 0 saturated carbocycles. The van der Waals surface area contributed by atoms with Crippen LogP contribution in [0.5, 0.6) is 0 Å². The first-order valence-electron chi connectivity index (χ1n) is 8.84. The topological polar surface area (TPSA) is 131 Å². The lowest BCUT2D eigenvalue weighted by atomic mass is 10.1. The molecule has 0 fully saturated rings. The summed E-state index contributed by atoms with van der Waals surface area (Å²) in [5.41, 5.74) is 2.16. The third kappa shape index (κ3) is 7.87. The van der Waals surface area contributed by atoms with Crippen molar-refractivity contribution >= 4 is 23.4 Å². The van der Waals surface area contributed by atoms with E-state index in [4.69, 9.17) is 16.8 Å². The summed E-state index contributed by atoms with van der Waals surface area (Å²) in [5.74, 6) is -0.352. The van der Waals surface area contributed by atoms with E-state index in [-0.39, 0.29) is 24.7 Å². The maximum Gasteiger partial charge on any atom is 0.407 e. The molecule has 1 heterocycles. The molecule has 0 aliphatic heterocycles. The summed E-state index contributed by atoms with van der Waals surface area (Å²) in [6.45, 7) is 4.45. The lowest BCUT2D eigenvalue weighted by Gasteiger charge is -2.25. The van der Waals surface area contributed by atoms with Gasteiger partial charge in [-0.15, -0.1) is 0 Å². The number of nitrogens with two attached hydrogens (primary N) is 1. The highest BCUT2D eigenvalue weighted by Crippen LogP contribution is 2.39. The van der Waals surface area contributed by atoms with Crippen molar-refractivity contribution in [2.45, 2.75) is 25.3 Å². The molecular formula is C17H15F6N7O3. The van der Waals surface area contributed by atoms with Gasteiger partial charge in [0.1, 0.15) is 6.54 Å². The Hall–Kier alpha value is -4.03. The maximum atomic E-state index is 13.2. The first-order valence-corrected chi connectivity index (χ1v) is 8.84. The minimum absolute atomic E-state index is 0.0592. The number of aromatic nitrogens is 2. The zero-order valence-electron chi connectivity index (χ0n) is 16.4. The minimum Gasteiger partial charge on any atom is -0.355 e. The summed E-state index contributed by atoms with van der Waals surface area (Å²) in [6, 6.07) is 0.189. The number of anilines is 1. The van der Waals surface area contributed by atoms with Crippen LogP contribution >= 0.6 is 0 Å². The number of hydrogen-bond donors (Lipinski definition) is 3. The summed E-state index contributed by atoms with van der Waals surface area (Å²) in [6.07, 6.45) is -9.79. The second-order valence-corrected chi connectivity index (χ2v) is 6.38. The second kappa shape index (κ2) is 10.1. The molecule has 4 amide bonds. The molecular weight excluding hydrogens is 464 g/mol. The Morgan fingerprint density at radius 3 is 2.48 bits per heavy atom. The summed E-state index contributed by atoms with van der Waals surface area (Å²) in [7, 11) is 0. The Bertz CT molecular complexity index is 1040. The Balaban J connectivity index is 2.18. The number of hydrogen-bond acceptors (Lipinski definition) is 6. The van der Waals surface area contributed by atoms with Crippen LogP contribution < -0.4 is 21.3 Å². The number of imide groups is 1. The zero-order valence-corrected chi connectivity index (χ0v) is 16.4. The number of halogens is 6. The van der Waals surface area contributed by atoms with Gasteiger partial charge in [0.05, 0.1) is 18.7 Å². The van der Waals surface area contributed by atoms with E-state index in [0.29, 0.717) is 11.0 Å². The van der Waals surface area contributed by atoms with Gasteiger partial charge < -0.3 is 20.5 Å². The molecule has 2 rings (SSSR count). The zero-order chi connectivity index (χ0) is 24.8. The minimum atomic E-state index is -4.95. The van der Waals surface area contributed by atoms with Crippen molar-refractivity contribution in [3.8, 4) is 0 Å². The smallest absolute Gasteiger partial charge is 0.355 e. The number of carbonyl (C=O) groups excluding carboxylic acids is 2. The highest BCUT2D eigenvalue weighted by atomic mass is 19.4. The van der Waals surface area contributed by atoms with E-state index in [1.807, 2.05) is 0 Å². The molecule has 0 radical (unpaired) electrons. The molecule has 0 bridgehead atoms. The van der Waals surface area contributed by atoms with Crippen LogP contribution in [-0.4, -0.2) is 41.5 Å². The molecule has 0 saturated heterocycles. The number of nitrogens with zero attached hydrogens (tertiary/aromatic N) is 4. The number of carbonyl (C=O) groups is 2. The Kier molecular flexibility index (Phi) is 7.69. The SMILES string of the molecule is [C-]#[N+]c1ccc(N(Cc2noc(CCNC(=O)NC(N)=O)n2)CC(F)(F)F)cc1C(F)(F)F. The largest absolute Gasteiger partial charge is 0.407 e. The van der Waals surface area contributed by atoms with Crippen molar-refractivity contribution in [1.82, 2.24) is 20.8 Å². The maximum absolute atomic E-state index is 13.2.